The van der Waals surface area contributed by atoms with E-state index in [9.17, 15) is 14.0 Å². The second kappa shape index (κ2) is 15.1. The number of aryl methyl sites for hydroxylation is 1. The standard InChI is InChI=1S/C14H17NO2.C11H15FN2O.C2H6/c16-14-9-17-13-8-11(6-7-12(13)15-14)10-4-2-1-3-5-10;12-10-5-3-9(4-6-10)2-1-7-14-8-11(13)15;1-2/h6-8,10H,1-5,9H2,(H,15,16);3-6,14H,1-2,7-8H2,(H2,13,15);1-2H3. The molecule has 1 heterocycles. The Kier molecular flexibility index (Phi) is 12.1. The maximum Gasteiger partial charge on any atom is 0.262 e. The van der Waals surface area contributed by atoms with Crippen LogP contribution in [0.5, 0.6) is 5.75 Å². The minimum atomic E-state index is -0.350. The fraction of sp³-hybridized carbons (Fsp3) is 0.481. The molecule has 6 nitrogen and oxygen atoms in total. The Morgan fingerprint density at radius 3 is 2.50 bits per heavy atom. The normalized spacial score (nSPS) is 14.9. The topological polar surface area (TPSA) is 93.5 Å². The largest absolute Gasteiger partial charge is 0.482 e. The van der Waals surface area contributed by atoms with Crippen molar-refractivity contribution >= 4 is 17.5 Å². The lowest BCUT2D eigenvalue weighted by Crippen LogP contribution is -2.29. The zero-order valence-electron chi connectivity index (χ0n) is 20.4. The van der Waals surface area contributed by atoms with Crippen molar-refractivity contribution in [1.82, 2.24) is 5.32 Å². The number of carbonyl (C=O) groups excluding carboxylic acids is 2. The number of primary amides is 1. The van der Waals surface area contributed by atoms with Crippen molar-refractivity contribution in [3.05, 3.63) is 59.4 Å². The van der Waals surface area contributed by atoms with E-state index in [0.717, 1.165) is 36.4 Å². The van der Waals surface area contributed by atoms with Crippen LogP contribution in [0.25, 0.3) is 0 Å². The second-order valence-corrected chi connectivity index (χ2v) is 8.30. The number of fused-ring (bicyclic) bond motifs is 1. The molecular weight excluding hydrogens is 433 g/mol. The third-order valence-electron chi connectivity index (χ3n) is 5.75. The minimum Gasteiger partial charge on any atom is -0.482 e. The van der Waals surface area contributed by atoms with Crippen LogP contribution in [0.2, 0.25) is 0 Å². The number of nitrogens with one attached hydrogen (secondary N) is 2. The van der Waals surface area contributed by atoms with Gasteiger partial charge < -0.3 is 21.1 Å². The summed E-state index contributed by atoms with van der Waals surface area (Å²) >= 11 is 0. The number of nitrogens with two attached hydrogens (primary N) is 1. The van der Waals surface area contributed by atoms with E-state index in [0.29, 0.717) is 5.92 Å². The monoisotopic (exact) mass is 471 g/mol. The summed E-state index contributed by atoms with van der Waals surface area (Å²) in [7, 11) is 0. The summed E-state index contributed by atoms with van der Waals surface area (Å²) in [6.07, 6.45) is 8.37. The third-order valence-corrected chi connectivity index (χ3v) is 5.75. The van der Waals surface area contributed by atoms with Gasteiger partial charge in [0.25, 0.3) is 5.91 Å². The Bertz CT molecular complexity index is 896. The molecule has 4 N–H and O–H groups in total. The zero-order chi connectivity index (χ0) is 24.8. The Morgan fingerprint density at radius 1 is 1.12 bits per heavy atom. The molecule has 0 bridgehead atoms. The molecule has 1 fully saturated rings. The summed E-state index contributed by atoms with van der Waals surface area (Å²) in [4.78, 5) is 21.6. The van der Waals surface area contributed by atoms with Crippen molar-refractivity contribution in [1.29, 1.82) is 0 Å². The summed E-state index contributed by atoms with van der Waals surface area (Å²) in [6.45, 7) is 5.09. The predicted octanol–water partition coefficient (Wildman–Crippen LogP) is 4.92. The molecular formula is C27H38FN3O3. The first-order valence-electron chi connectivity index (χ1n) is 12.3. The van der Waals surface area contributed by atoms with E-state index < -0.39 is 0 Å². The van der Waals surface area contributed by atoms with Gasteiger partial charge in [0.2, 0.25) is 5.91 Å². The number of halogens is 1. The molecule has 0 aromatic heterocycles. The second-order valence-electron chi connectivity index (χ2n) is 8.30. The van der Waals surface area contributed by atoms with E-state index in [2.05, 4.69) is 22.8 Å². The van der Waals surface area contributed by atoms with Gasteiger partial charge in [-0.3, -0.25) is 9.59 Å². The number of hydrogen-bond acceptors (Lipinski definition) is 4. The Morgan fingerprint density at radius 2 is 1.82 bits per heavy atom. The minimum absolute atomic E-state index is 0.0667. The van der Waals surface area contributed by atoms with Gasteiger partial charge in [0, 0.05) is 0 Å². The summed E-state index contributed by atoms with van der Waals surface area (Å²) < 4.78 is 18.0. The predicted molar refractivity (Wildman–Crippen MR) is 135 cm³/mol. The smallest absolute Gasteiger partial charge is 0.262 e. The lowest BCUT2D eigenvalue weighted by Gasteiger charge is -2.24. The van der Waals surface area contributed by atoms with Gasteiger partial charge in [-0.05, 0) is 73.5 Å². The number of carbonyl (C=O) groups is 2. The van der Waals surface area contributed by atoms with Crippen LogP contribution in [0, 0.1) is 5.82 Å². The van der Waals surface area contributed by atoms with Gasteiger partial charge >= 0.3 is 0 Å². The van der Waals surface area contributed by atoms with E-state index in [1.807, 2.05) is 19.9 Å². The molecule has 4 rings (SSSR count). The molecule has 0 saturated heterocycles. The van der Waals surface area contributed by atoms with Gasteiger partial charge in [-0.25, -0.2) is 4.39 Å². The average molecular weight is 472 g/mol. The van der Waals surface area contributed by atoms with Gasteiger partial charge in [-0.1, -0.05) is 51.3 Å². The van der Waals surface area contributed by atoms with E-state index in [1.54, 1.807) is 12.1 Å². The fourth-order valence-corrected chi connectivity index (χ4v) is 4.06. The van der Waals surface area contributed by atoms with Crippen molar-refractivity contribution in [3.8, 4) is 5.75 Å². The van der Waals surface area contributed by atoms with Crippen LogP contribution in [0.1, 0.15) is 69.4 Å². The van der Waals surface area contributed by atoms with Gasteiger partial charge in [0.1, 0.15) is 11.6 Å². The summed E-state index contributed by atoms with van der Waals surface area (Å²) in [5, 5.41) is 5.74. The SMILES string of the molecule is CC.NC(=O)CNCCCc1ccc(F)cc1.O=C1COc2cc(C3CCCCC3)ccc2N1. The van der Waals surface area contributed by atoms with Crippen LogP contribution < -0.4 is 21.1 Å². The zero-order valence-corrected chi connectivity index (χ0v) is 20.4. The van der Waals surface area contributed by atoms with Gasteiger partial charge in [0.15, 0.2) is 6.61 Å². The molecule has 2 aromatic carbocycles. The third kappa shape index (κ3) is 9.51. The highest BCUT2D eigenvalue weighted by molar-refractivity contribution is 5.95. The van der Waals surface area contributed by atoms with Gasteiger partial charge in [-0.15, -0.1) is 0 Å². The first-order chi connectivity index (χ1) is 16.5. The van der Waals surface area contributed by atoms with E-state index in [-0.39, 0.29) is 30.8 Å². The number of hydrogen-bond donors (Lipinski definition) is 3. The van der Waals surface area contributed by atoms with Crippen LogP contribution in [-0.4, -0.2) is 31.5 Å². The lowest BCUT2D eigenvalue weighted by molar-refractivity contribution is -0.119. The molecule has 2 aliphatic rings. The van der Waals surface area contributed by atoms with Crippen LogP contribution in [-0.2, 0) is 16.0 Å². The first-order valence-corrected chi connectivity index (χ1v) is 12.3. The fourth-order valence-electron chi connectivity index (χ4n) is 4.06. The maximum absolute atomic E-state index is 12.6. The molecule has 2 amide bonds. The summed E-state index contributed by atoms with van der Waals surface area (Å²) in [5.41, 5.74) is 8.22. The van der Waals surface area contributed by atoms with Gasteiger partial charge in [0.05, 0.1) is 12.2 Å². The van der Waals surface area contributed by atoms with Gasteiger partial charge in [-0.2, -0.15) is 0 Å². The highest BCUT2D eigenvalue weighted by atomic mass is 19.1. The van der Waals surface area contributed by atoms with E-state index in [1.165, 1.54) is 49.8 Å². The van der Waals surface area contributed by atoms with Crippen molar-refractivity contribution in [2.24, 2.45) is 5.73 Å². The average Bonchev–Trinajstić information content (AvgIpc) is 2.86. The molecule has 1 aliphatic carbocycles. The molecule has 0 atom stereocenters. The molecule has 7 heteroatoms. The lowest BCUT2D eigenvalue weighted by atomic mass is 9.84. The summed E-state index contributed by atoms with van der Waals surface area (Å²) in [5.74, 6) is 0.869. The number of amides is 2. The van der Waals surface area contributed by atoms with Crippen molar-refractivity contribution < 1.29 is 18.7 Å². The van der Waals surface area contributed by atoms with Crippen LogP contribution >= 0.6 is 0 Å². The van der Waals surface area contributed by atoms with Crippen LogP contribution in [0.3, 0.4) is 0 Å². The molecule has 0 spiro atoms. The Balaban J connectivity index is 0.000000226. The Hall–Kier alpha value is -2.93. The molecule has 0 unspecified atom stereocenters. The highest BCUT2D eigenvalue weighted by Gasteiger charge is 2.20. The Labute approximate surface area is 202 Å². The molecule has 34 heavy (non-hydrogen) atoms. The molecule has 2 aromatic rings. The van der Waals surface area contributed by atoms with Crippen molar-refractivity contribution in [2.45, 2.75) is 64.7 Å². The maximum atomic E-state index is 12.6. The van der Waals surface area contributed by atoms with E-state index >= 15 is 0 Å². The quantitative estimate of drug-likeness (QED) is 0.500. The van der Waals surface area contributed by atoms with E-state index in [4.69, 9.17) is 10.5 Å². The number of anilines is 1. The number of rotatable bonds is 7. The molecule has 1 aliphatic heterocycles. The molecule has 0 radical (unpaired) electrons. The molecule has 1 saturated carbocycles. The van der Waals surface area contributed by atoms with Crippen molar-refractivity contribution in [2.75, 3.05) is 25.0 Å². The first kappa shape index (κ1) is 27.3. The highest BCUT2D eigenvalue weighted by Crippen LogP contribution is 2.37. The number of benzene rings is 2. The van der Waals surface area contributed by atoms with Crippen LogP contribution in [0.15, 0.2) is 42.5 Å². The van der Waals surface area contributed by atoms with Crippen molar-refractivity contribution in [3.63, 3.8) is 0 Å². The molecule has 186 valence electrons. The number of ether oxygens (including phenoxy) is 1. The summed E-state index contributed by atoms with van der Waals surface area (Å²) in [6, 6.07) is 12.6. The van der Waals surface area contributed by atoms with Crippen LogP contribution in [0.4, 0.5) is 10.1 Å².